The Morgan fingerprint density at radius 3 is 2.78 bits per heavy atom. The van der Waals surface area contributed by atoms with E-state index in [0.29, 0.717) is 29.3 Å². The molecule has 1 saturated heterocycles. The zero-order chi connectivity index (χ0) is 25.8. The van der Waals surface area contributed by atoms with Gasteiger partial charge < -0.3 is 20.3 Å². The molecule has 2 N–H and O–H groups in total. The number of likely N-dealkylation sites (N-methyl/N-ethyl adjacent to an activating group) is 1. The second kappa shape index (κ2) is 11.1. The van der Waals surface area contributed by atoms with E-state index in [1.165, 1.54) is 29.4 Å². The van der Waals surface area contributed by atoms with Crippen LogP contribution in [0.4, 0.5) is 17.3 Å². The van der Waals surface area contributed by atoms with E-state index in [-0.39, 0.29) is 5.91 Å². The fourth-order valence-corrected chi connectivity index (χ4v) is 5.12. The normalized spacial score (nSPS) is 15.7. The third-order valence-corrected chi connectivity index (χ3v) is 7.26. The van der Waals surface area contributed by atoms with Crippen LogP contribution >= 0.6 is 11.3 Å². The maximum absolute atomic E-state index is 11.7. The number of nitrogens with one attached hydrogen (secondary N) is 2. The van der Waals surface area contributed by atoms with Gasteiger partial charge in [0.2, 0.25) is 17.7 Å². The van der Waals surface area contributed by atoms with Crippen LogP contribution in [-0.2, 0) is 11.3 Å². The first-order valence-electron chi connectivity index (χ1n) is 12.2. The SMILES string of the molecule is C=CC(=O)Nc1cccc(Oc2nc(Nc3ccc(CN4CCC(N(C)C)C4)cc3)nc3ccsc23)c1. The van der Waals surface area contributed by atoms with Crippen LogP contribution in [0.1, 0.15) is 12.0 Å². The van der Waals surface area contributed by atoms with Crippen molar-refractivity contribution in [2.24, 2.45) is 0 Å². The molecule has 1 aliphatic rings. The van der Waals surface area contributed by atoms with Crippen LogP contribution in [-0.4, -0.2) is 58.9 Å². The molecule has 0 spiro atoms. The highest BCUT2D eigenvalue weighted by Crippen LogP contribution is 2.33. The van der Waals surface area contributed by atoms with Crippen LogP contribution in [0.3, 0.4) is 0 Å². The molecule has 1 fully saturated rings. The zero-order valence-corrected chi connectivity index (χ0v) is 21.8. The van der Waals surface area contributed by atoms with E-state index in [9.17, 15) is 4.79 Å². The summed E-state index contributed by atoms with van der Waals surface area (Å²) in [6.07, 6.45) is 2.44. The first kappa shape index (κ1) is 24.9. The standard InChI is InChI=1S/C28H30N6O2S/c1-4-25(35)29-21-6-5-7-23(16-21)36-27-26-24(13-15-37-26)31-28(32-27)30-20-10-8-19(9-11-20)17-34-14-12-22(18-34)33(2)3/h4-11,13,15-16,22H,1,12,14,17-18H2,2-3H3,(H,29,35)(H,30,31,32). The lowest BCUT2D eigenvalue weighted by Crippen LogP contribution is -2.31. The molecule has 37 heavy (non-hydrogen) atoms. The Balaban J connectivity index is 1.29. The van der Waals surface area contributed by atoms with Crippen LogP contribution in [0.15, 0.2) is 72.6 Å². The summed E-state index contributed by atoms with van der Waals surface area (Å²) in [4.78, 5) is 25.8. The van der Waals surface area contributed by atoms with Crippen molar-refractivity contribution in [3.8, 4) is 11.6 Å². The van der Waals surface area contributed by atoms with E-state index in [2.05, 4.69) is 75.3 Å². The summed E-state index contributed by atoms with van der Waals surface area (Å²) in [5.74, 6) is 1.19. The topological polar surface area (TPSA) is 82.6 Å². The number of carbonyl (C=O) groups is 1. The number of rotatable bonds is 9. The average molecular weight is 515 g/mol. The predicted molar refractivity (Wildman–Crippen MR) is 150 cm³/mol. The Labute approximate surface area is 220 Å². The zero-order valence-electron chi connectivity index (χ0n) is 21.0. The Hall–Kier alpha value is -3.79. The summed E-state index contributed by atoms with van der Waals surface area (Å²) in [6.45, 7) is 6.67. The molecule has 1 atom stereocenters. The molecule has 0 bridgehead atoms. The van der Waals surface area contributed by atoms with Crippen molar-refractivity contribution < 1.29 is 9.53 Å². The molecular formula is C28H30N6O2S. The van der Waals surface area contributed by atoms with Crippen molar-refractivity contribution in [1.29, 1.82) is 0 Å². The first-order chi connectivity index (χ1) is 18.0. The highest BCUT2D eigenvalue weighted by Gasteiger charge is 2.23. The smallest absolute Gasteiger partial charge is 0.247 e. The molecule has 1 aliphatic heterocycles. The Morgan fingerprint density at radius 2 is 2.03 bits per heavy atom. The molecule has 0 saturated carbocycles. The van der Waals surface area contributed by atoms with E-state index in [1.54, 1.807) is 12.1 Å². The molecule has 5 rings (SSSR count). The van der Waals surface area contributed by atoms with E-state index < -0.39 is 0 Å². The van der Waals surface area contributed by atoms with Crippen LogP contribution in [0.5, 0.6) is 11.6 Å². The van der Waals surface area contributed by atoms with Crippen LogP contribution in [0.25, 0.3) is 10.2 Å². The minimum atomic E-state index is -0.282. The molecular weight excluding hydrogens is 484 g/mol. The molecule has 3 heterocycles. The molecule has 8 nitrogen and oxygen atoms in total. The number of nitrogens with zero attached hydrogens (tertiary/aromatic N) is 4. The van der Waals surface area contributed by atoms with Crippen LogP contribution in [0, 0.1) is 0 Å². The maximum Gasteiger partial charge on any atom is 0.247 e. The summed E-state index contributed by atoms with van der Waals surface area (Å²) < 4.78 is 6.99. The number of anilines is 3. The summed E-state index contributed by atoms with van der Waals surface area (Å²) in [5.41, 5.74) is 3.61. The van der Waals surface area contributed by atoms with Gasteiger partial charge in [-0.15, -0.1) is 11.3 Å². The number of thiophene rings is 1. The number of hydrogen-bond acceptors (Lipinski definition) is 8. The van der Waals surface area contributed by atoms with Gasteiger partial charge in [-0.25, -0.2) is 4.98 Å². The van der Waals surface area contributed by atoms with E-state index in [4.69, 9.17) is 4.74 Å². The largest absolute Gasteiger partial charge is 0.437 e. The lowest BCUT2D eigenvalue weighted by Gasteiger charge is -2.20. The number of amides is 1. The number of aromatic nitrogens is 2. The minimum absolute atomic E-state index is 0.282. The molecule has 9 heteroatoms. The number of carbonyl (C=O) groups excluding carboxylic acids is 1. The van der Waals surface area contributed by atoms with Crippen molar-refractivity contribution in [1.82, 2.24) is 19.8 Å². The number of fused-ring (bicyclic) bond motifs is 1. The summed E-state index contributed by atoms with van der Waals surface area (Å²) in [5, 5.41) is 8.02. The Morgan fingerprint density at radius 1 is 1.19 bits per heavy atom. The third-order valence-electron chi connectivity index (χ3n) is 6.37. The number of hydrogen-bond donors (Lipinski definition) is 2. The predicted octanol–water partition coefficient (Wildman–Crippen LogP) is 5.49. The molecule has 1 unspecified atom stereocenters. The lowest BCUT2D eigenvalue weighted by molar-refractivity contribution is -0.111. The van der Waals surface area contributed by atoms with Gasteiger partial charge in [0.1, 0.15) is 10.4 Å². The van der Waals surface area contributed by atoms with Crippen molar-refractivity contribution >= 4 is 44.8 Å². The van der Waals surface area contributed by atoms with E-state index >= 15 is 0 Å². The van der Waals surface area contributed by atoms with Gasteiger partial charge in [-0.3, -0.25) is 9.69 Å². The number of likely N-dealkylation sites (tertiary alicyclic amines) is 1. The minimum Gasteiger partial charge on any atom is -0.437 e. The molecule has 190 valence electrons. The van der Waals surface area contributed by atoms with Gasteiger partial charge in [0, 0.05) is 43.1 Å². The highest BCUT2D eigenvalue weighted by atomic mass is 32.1. The molecule has 0 aliphatic carbocycles. The summed E-state index contributed by atoms with van der Waals surface area (Å²) in [7, 11) is 4.31. The van der Waals surface area contributed by atoms with Gasteiger partial charge >= 0.3 is 0 Å². The van der Waals surface area contributed by atoms with Crippen molar-refractivity contribution in [3.63, 3.8) is 0 Å². The molecule has 1 amide bonds. The number of benzene rings is 2. The summed E-state index contributed by atoms with van der Waals surface area (Å²) >= 11 is 1.52. The molecule has 2 aromatic carbocycles. The lowest BCUT2D eigenvalue weighted by atomic mass is 10.2. The third kappa shape index (κ3) is 6.14. The van der Waals surface area contributed by atoms with E-state index in [1.807, 2.05) is 23.6 Å². The van der Waals surface area contributed by atoms with Gasteiger partial charge in [-0.1, -0.05) is 24.8 Å². The molecule has 4 aromatic rings. The average Bonchev–Trinajstić information content (AvgIpc) is 3.55. The molecule has 0 radical (unpaired) electrons. The van der Waals surface area contributed by atoms with Gasteiger partial charge in [-0.2, -0.15) is 4.98 Å². The second-order valence-electron chi connectivity index (χ2n) is 9.27. The van der Waals surface area contributed by atoms with Gasteiger partial charge in [-0.05, 0) is 67.9 Å². The first-order valence-corrected chi connectivity index (χ1v) is 13.1. The maximum atomic E-state index is 11.7. The monoisotopic (exact) mass is 514 g/mol. The van der Waals surface area contributed by atoms with Gasteiger partial charge in [0.05, 0.1) is 5.52 Å². The fourth-order valence-electron chi connectivity index (χ4n) is 4.36. The fraction of sp³-hybridized carbons (Fsp3) is 0.250. The van der Waals surface area contributed by atoms with Crippen molar-refractivity contribution in [3.05, 3.63) is 78.2 Å². The molecule has 2 aromatic heterocycles. The second-order valence-corrected chi connectivity index (χ2v) is 10.2. The van der Waals surface area contributed by atoms with Gasteiger partial charge in [0.15, 0.2) is 0 Å². The Kier molecular flexibility index (Phi) is 7.45. The Bertz CT molecular complexity index is 1400. The highest BCUT2D eigenvalue weighted by molar-refractivity contribution is 7.17. The van der Waals surface area contributed by atoms with Crippen LogP contribution in [0.2, 0.25) is 0 Å². The summed E-state index contributed by atoms with van der Waals surface area (Å²) in [6, 6.07) is 18.2. The quantitative estimate of drug-likeness (QED) is 0.286. The van der Waals surface area contributed by atoms with Crippen LogP contribution < -0.4 is 15.4 Å². The van der Waals surface area contributed by atoms with Crippen molar-refractivity contribution in [2.45, 2.75) is 19.0 Å². The number of ether oxygens (including phenoxy) is 1. The van der Waals surface area contributed by atoms with Gasteiger partial charge in [0.25, 0.3) is 0 Å². The van der Waals surface area contributed by atoms with E-state index in [0.717, 1.165) is 35.5 Å². The van der Waals surface area contributed by atoms with Crippen molar-refractivity contribution in [2.75, 3.05) is 37.8 Å².